The van der Waals surface area contributed by atoms with Crippen LogP contribution in [0, 0.1) is 0 Å². The Hall–Kier alpha value is -3.02. The second kappa shape index (κ2) is 8.33. The Bertz CT molecular complexity index is 1040. The zero-order chi connectivity index (χ0) is 19.2. The Labute approximate surface area is 167 Å². The molecule has 0 saturated carbocycles. The van der Waals surface area contributed by atoms with Crippen LogP contribution >= 0.6 is 6.89 Å². The van der Waals surface area contributed by atoms with Gasteiger partial charge in [-0.2, -0.15) is 0 Å². The van der Waals surface area contributed by atoms with Crippen LogP contribution in [0.5, 0.6) is 5.75 Å². The molecule has 4 aromatic rings. The minimum Gasteiger partial charge on any atom is -0.496 e. The highest BCUT2D eigenvalue weighted by Gasteiger charge is 2.27. The lowest BCUT2D eigenvalue weighted by Gasteiger charge is -2.30. The molecule has 0 aliphatic rings. The van der Waals surface area contributed by atoms with Crippen LogP contribution in [0.4, 0.5) is 0 Å². The van der Waals surface area contributed by atoms with Gasteiger partial charge in [0.15, 0.2) is 0 Å². The van der Waals surface area contributed by atoms with Crippen LogP contribution in [0.15, 0.2) is 115 Å². The van der Waals surface area contributed by atoms with Crippen molar-refractivity contribution in [2.24, 2.45) is 0 Å². The number of para-hydroxylation sites is 1. The number of hydrogen-bond donors (Lipinski definition) is 0. The van der Waals surface area contributed by atoms with Gasteiger partial charge in [-0.25, -0.2) is 0 Å². The fourth-order valence-electron chi connectivity index (χ4n) is 3.66. The lowest BCUT2D eigenvalue weighted by atomic mass is 10.2. The van der Waals surface area contributed by atoms with Gasteiger partial charge in [0, 0.05) is 5.30 Å². The van der Waals surface area contributed by atoms with E-state index in [1.165, 1.54) is 21.5 Å². The number of ether oxygens (including phenoxy) is 1. The molecule has 0 atom stereocenters. The third-order valence-electron chi connectivity index (χ3n) is 4.93. The molecule has 0 fully saturated rings. The molecule has 0 unspecified atom stereocenters. The summed E-state index contributed by atoms with van der Waals surface area (Å²) in [7, 11) is 1.76. The average Bonchev–Trinajstić information content (AvgIpc) is 2.79. The van der Waals surface area contributed by atoms with E-state index in [4.69, 9.17) is 4.74 Å². The molecular formula is C26H23OP. The molecule has 0 bridgehead atoms. The summed E-state index contributed by atoms with van der Waals surface area (Å²) in [5, 5.41) is 3.86. The van der Waals surface area contributed by atoms with E-state index in [-0.39, 0.29) is 0 Å². The van der Waals surface area contributed by atoms with Gasteiger partial charge >= 0.3 is 0 Å². The predicted molar refractivity (Wildman–Crippen MR) is 123 cm³/mol. The van der Waals surface area contributed by atoms with Crippen molar-refractivity contribution in [2.75, 3.05) is 7.11 Å². The molecule has 4 aromatic carbocycles. The van der Waals surface area contributed by atoms with E-state index in [0.717, 1.165) is 5.75 Å². The van der Waals surface area contributed by atoms with Gasteiger partial charge in [0.05, 0.1) is 7.11 Å². The molecule has 0 saturated heterocycles. The van der Waals surface area contributed by atoms with Crippen LogP contribution in [0.2, 0.25) is 0 Å². The number of benzene rings is 4. The molecule has 0 aliphatic heterocycles. The van der Waals surface area contributed by atoms with Crippen molar-refractivity contribution in [3.8, 4) is 5.75 Å². The monoisotopic (exact) mass is 382 g/mol. The summed E-state index contributed by atoms with van der Waals surface area (Å²) >= 11 is 0. The molecule has 1 nitrogen and oxygen atoms in total. The topological polar surface area (TPSA) is 9.23 Å². The van der Waals surface area contributed by atoms with E-state index in [1.807, 2.05) is 6.07 Å². The van der Waals surface area contributed by atoms with Crippen LogP contribution in [0.25, 0.3) is 0 Å². The van der Waals surface area contributed by atoms with Crippen LogP contribution < -0.4 is 20.7 Å². The van der Waals surface area contributed by atoms with E-state index >= 15 is 0 Å². The van der Waals surface area contributed by atoms with E-state index in [9.17, 15) is 0 Å². The largest absolute Gasteiger partial charge is 0.496 e. The normalized spacial score (nSPS) is 11.0. The summed E-state index contributed by atoms with van der Waals surface area (Å²) < 4.78 is 5.84. The third-order valence-corrected chi connectivity index (χ3v) is 8.97. The standard InChI is InChI=1S/C26H23OP/c1-27-25-19-11-12-20-26(25)28(23-15-7-3-8-16-23,24-17-9-4-10-18-24)21-22-13-5-2-6-14-22/h2-21H,1H3. The molecule has 0 N–H and O–H groups in total. The van der Waals surface area contributed by atoms with E-state index < -0.39 is 6.89 Å². The van der Waals surface area contributed by atoms with Crippen molar-refractivity contribution >= 4 is 28.6 Å². The van der Waals surface area contributed by atoms with Gasteiger partial charge in [0.2, 0.25) is 0 Å². The van der Waals surface area contributed by atoms with Crippen LogP contribution in [-0.4, -0.2) is 12.9 Å². The molecule has 28 heavy (non-hydrogen) atoms. The fraction of sp³-hybridized carbons (Fsp3) is 0.0385. The smallest absolute Gasteiger partial charge is 0.127 e. The number of hydrogen-bond acceptors (Lipinski definition) is 1. The summed E-state index contributed by atoms with van der Waals surface area (Å²) in [6, 6.07) is 40.7. The minimum absolute atomic E-state index is 0.927. The zero-order valence-electron chi connectivity index (χ0n) is 15.9. The van der Waals surface area contributed by atoms with Gasteiger partial charge in [-0.3, -0.25) is 0 Å². The van der Waals surface area contributed by atoms with Crippen molar-refractivity contribution in [3.63, 3.8) is 0 Å². The molecule has 0 aromatic heterocycles. The summed E-state index contributed by atoms with van der Waals surface area (Å²) in [5.41, 5.74) is 1.22. The van der Waals surface area contributed by atoms with Gasteiger partial charge in [-0.05, 0) is 34.9 Å². The first-order valence-corrected chi connectivity index (χ1v) is 11.2. The quantitative estimate of drug-likeness (QED) is 0.449. The van der Waals surface area contributed by atoms with Gasteiger partial charge in [0.25, 0.3) is 0 Å². The van der Waals surface area contributed by atoms with Crippen molar-refractivity contribution in [2.45, 2.75) is 0 Å². The second-order valence-corrected chi connectivity index (χ2v) is 9.82. The molecular weight excluding hydrogens is 359 g/mol. The molecule has 138 valence electrons. The Morgan fingerprint density at radius 1 is 0.571 bits per heavy atom. The molecule has 0 spiro atoms. The highest BCUT2D eigenvalue weighted by molar-refractivity contribution is 7.94. The lowest BCUT2D eigenvalue weighted by molar-refractivity contribution is 0.418. The molecule has 2 heteroatoms. The molecule has 0 aliphatic carbocycles. The van der Waals surface area contributed by atoms with Gasteiger partial charge < -0.3 is 4.74 Å². The van der Waals surface area contributed by atoms with Gasteiger partial charge in [-0.15, -0.1) is 0 Å². The van der Waals surface area contributed by atoms with E-state index in [0.29, 0.717) is 0 Å². The Balaban J connectivity index is 2.17. The molecule has 0 radical (unpaired) electrons. The van der Waals surface area contributed by atoms with Crippen molar-refractivity contribution < 1.29 is 4.74 Å². The minimum atomic E-state index is -2.08. The summed E-state index contributed by atoms with van der Waals surface area (Å²) in [5.74, 6) is 3.38. The van der Waals surface area contributed by atoms with Crippen LogP contribution in [0.3, 0.4) is 0 Å². The zero-order valence-corrected chi connectivity index (χ0v) is 16.8. The van der Waals surface area contributed by atoms with Crippen molar-refractivity contribution in [3.05, 3.63) is 121 Å². The maximum absolute atomic E-state index is 5.84. The Morgan fingerprint density at radius 2 is 1.04 bits per heavy atom. The summed E-state index contributed by atoms with van der Waals surface area (Å²) in [6.45, 7) is -2.08. The maximum atomic E-state index is 5.84. The summed E-state index contributed by atoms with van der Waals surface area (Å²) in [4.78, 5) is 0. The van der Waals surface area contributed by atoms with Crippen molar-refractivity contribution in [1.29, 1.82) is 0 Å². The van der Waals surface area contributed by atoms with Gasteiger partial charge in [-0.1, -0.05) is 109 Å². The average molecular weight is 382 g/mol. The first-order chi connectivity index (χ1) is 13.8. The first kappa shape index (κ1) is 18.3. The van der Waals surface area contributed by atoms with E-state index in [1.54, 1.807) is 7.11 Å². The van der Waals surface area contributed by atoms with Crippen LogP contribution in [0.1, 0.15) is 5.56 Å². The Kier molecular flexibility index (Phi) is 5.46. The number of methoxy groups -OCH3 is 1. The molecule has 4 rings (SSSR count). The van der Waals surface area contributed by atoms with E-state index in [2.05, 4.69) is 115 Å². The molecule has 0 heterocycles. The number of rotatable bonds is 5. The third kappa shape index (κ3) is 3.42. The van der Waals surface area contributed by atoms with Gasteiger partial charge in [0.1, 0.15) is 5.75 Å². The second-order valence-electron chi connectivity index (χ2n) is 6.61. The predicted octanol–water partition coefficient (Wildman–Crippen LogP) is 4.84. The lowest BCUT2D eigenvalue weighted by Crippen LogP contribution is -2.28. The fourth-order valence-corrected chi connectivity index (χ4v) is 7.69. The highest BCUT2D eigenvalue weighted by Crippen LogP contribution is 2.46. The SMILES string of the molecule is COc1ccccc1P(=Cc1ccccc1)(c1ccccc1)c1ccccc1. The Morgan fingerprint density at radius 3 is 1.57 bits per heavy atom. The van der Waals surface area contributed by atoms with Crippen molar-refractivity contribution in [1.82, 2.24) is 0 Å². The maximum Gasteiger partial charge on any atom is 0.127 e. The first-order valence-electron chi connectivity index (χ1n) is 9.39. The summed E-state index contributed by atoms with van der Waals surface area (Å²) in [6.07, 6.45) is 0. The van der Waals surface area contributed by atoms with Crippen LogP contribution in [-0.2, 0) is 0 Å². The highest BCUT2D eigenvalue weighted by atomic mass is 31.2. The molecule has 0 amide bonds.